The van der Waals surface area contributed by atoms with Crippen LogP contribution in [0.5, 0.6) is 5.75 Å². The van der Waals surface area contributed by atoms with Crippen LogP contribution < -0.4 is 4.74 Å². The second-order valence-corrected chi connectivity index (χ2v) is 15.2. The third-order valence-corrected chi connectivity index (χ3v) is 11.4. The van der Waals surface area contributed by atoms with Crippen molar-refractivity contribution in [2.45, 2.75) is 83.6 Å². The molecule has 0 radical (unpaired) electrons. The summed E-state index contributed by atoms with van der Waals surface area (Å²) in [5.41, 5.74) is 2.94. The summed E-state index contributed by atoms with van der Waals surface area (Å²) in [5, 5.41) is 9.77. The molecule has 170 valence electrons. The van der Waals surface area contributed by atoms with Gasteiger partial charge in [-0.3, -0.25) is 0 Å². The van der Waals surface area contributed by atoms with Crippen molar-refractivity contribution in [3.8, 4) is 5.75 Å². The fourth-order valence-corrected chi connectivity index (χ4v) is 4.84. The van der Waals surface area contributed by atoms with Crippen LogP contribution in [0.3, 0.4) is 0 Å². The molecule has 4 nitrogen and oxygen atoms in total. The topological polar surface area (TPSA) is 51.2 Å². The Balaban J connectivity index is 1.81. The minimum atomic E-state index is -1.88. The maximum absolute atomic E-state index is 9.61. The highest BCUT2D eigenvalue weighted by Crippen LogP contribution is 2.42. The molecule has 0 amide bonds. The van der Waals surface area contributed by atoms with Gasteiger partial charge >= 0.3 is 0 Å². The Kier molecular flexibility index (Phi) is 7.01. The Hall–Kier alpha value is -1.66. The summed E-state index contributed by atoms with van der Waals surface area (Å²) in [5.74, 6) is 0.864. The van der Waals surface area contributed by atoms with E-state index < -0.39 is 13.9 Å². The SMILES string of the molecule is CC(O[Si](C)(C)C(C)(C)C)c1ccc(OCc2ccccc2)c(C[C@@H]2O[C@@]2(C)CO)c1. The average molecular weight is 443 g/mol. The quantitative estimate of drug-likeness (QED) is 0.380. The summed E-state index contributed by atoms with van der Waals surface area (Å²) in [7, 11) is -1.88. The largest absolute Gasteiger partial charge is 0.489 e. The maximum Gasteiger partial charge on any atom is 0.192 e. The average Bonchev–Trinajstić information content (AvgIpc) is 3.36. The maximum atomic E-state index is 9.61. The summed E-state index contributed by atoms with van der Waals surface area (Å²) in [6.45, 7) is 16.0. The van der Waals surface area contributed by atoms with Gasteiger partial charge in [0, 0.05) is 6.42 Å². The smallest absolute Gasteiger partial charge is 0.192 e. The Morgan fingerprint density at radius 1 is 1.13 bits per heavy atom. The Labute approximate surface area is 188 Å². The standard InChI is InChI=1S/C26H38O4Si/c1-19(30-31(6,7)25(2,3)4)21-13-14-23(28-17-20-11-9-8-10-12-20)22(15-21)16-24-26(5,18-27)29-24/h8-15,19,24,27H,16-18H2,1-7H3/t19?,24-,26-/m0/s1. The highest BCUT2D eigenvalue weighted by molar-refractivity contribution is 6.74. The minimum absolute atomic E-state index is 0.00319. The zero-order chi connectivity index (χ0) is 22.9. The van der Waals surface area contributed by atoms with Gasteiger partial charge in [-0.15, -0.1) is 0 Å². The van der Waals surface area contributed by atoms with Crippen LogP contribution in [0.1, 0.15) is 57.4 Å². The van der Waals surface area contributed by atoms with Crippen molar-refractivity contribution in [3.63, 3.8) is 0 Å². The van der Waals surface area contributed by atoms with Crippen molar-refractivity contribution < 1.29 is 19.0 Å². The summed E-state index contributed by atoms with van der Waals surface area (Å²) >= 11 is 0. The number of rotatable bonds is 9. The molecule has 2 aromatic carbocycles. The second kappa shape index (κ2) is 9.06. The third kappa shape index (κ3) is 5.78. The number of aliphatic hydroxyl groups is 1. The molecule has 0 bridgehead atoms. The van der Waals surface area contributed by atoms with Gasteiger partial charge < -0.3 is 19.0 Å². The molecule has 3 atom stereocenters. The molecule has 0 saturated carbocycles. The molecular weight excluding hydrogens is 404 g/mol. The number of benzene rings is 2. The Morgan fingerprint density at radius 2 is 1.81 bits per heavy atom. The predicted octanol–water partition coefficient (Wildman–Crippen LogP) is 6.04. The van der Waals surface area contributed by atoms with Crippen molar-refractivity contribution in [2.75, 3.05) is 6.61 Å². The van der Waals surface area contributed by atoms with Crippen molar-refractivity contribution in [3.05, 3.63) is 65.2 Å². The first-order valence-electron chi connectivity index (χ1n) is 11.2. The number of epoxide rings is 1. The van der Waals surface area contributed by atoms with Crippen LogP contribution >= 0.6 is 0 Å². The third-order valence-electron chi connectivity index (χ3n) is 6.82. The van der Waals surface area contributed by atoms with Gasteiger partial charge in [0.2, 0.25) is 0 Å². The second-order valence-electron chi connectivity index (χ2n) is 10.4. The van der Waals surface area contributed by atoms with Gasteiger partial charge in [0.25, 0.3) is 0 Å². The van der Waals surface area contributed by atoms with E-state index >= 15 is 0 Å². The van der Waals surface area contributed by atoms with E-state index in [2.05, 4.69) is 71.1 Å². The molecule has 1 saturated heterocycles. The van der Waals surface area contributed by atoms with E-state index in [1.165, 1.54) is 0 Å². The molecule has 2 aromatic rings. The lowest BCUT2D eigenvalue weighted by Crippen LogP contribution is -2.41. The first-order chi connectivity index (χ1) is 14.4. The van der Waals surface area contributed by atoms with Gasteiger partial charge in [0.15, 0.2) is 8.32 Å². The van der Waals surface area contributed by atoms with E-state index in [1.807, 2.05) is 25.1 Å². The van der Waals surface area contributed by atoms with Crippen LogP contribution in [0.15, 0.2) is 48.5 Å². The van der Waals surface area contributed by atoms with E-state index in [-0.39, 0.29) is 23.9 Å². The van der Waals surface area contributed by atoms with E-state index in [0.29, 0.717) is 13.0 Å². The highest BCUT2D eigenvalue weighted by Gasteiger charge is 2.51. The summed E-state index contributed by atoms with van der Waals surface area (Å²) in [6.07, 6.45) is 0.720. The molecule has 3 rings (SSSR count). The van der Waals surface area contributed by atoms with Crippen molar-refractivity contribution in [1.82, 2.24) is 0 Å². The lowest BCUT2D eigenvalue weighted by Gasteiger charge is -2.38. The summed E-state index contributed by atoms with van der Waals surface area (Å²) < 4.78 is 18.6. The molecule has 1 aliphatic rings. The molecule has 0 aromatic heterocycles. The number of hydrogen-bond acceptors (Lipinski definition) is 4. The number of ether oxygens (including phenoxy) is 2. The van der Waals surface area contributed by atoms with Crippen molar-refractivity contribution in [1.29, 1.82) is 0 Å². The van der Waals surface area contributed by atoms with E-state index in [1.54, 1.807) is 0 Å². The van der Waals surface area contributed by atoms with Gasteiger partial charge in [-0.2, -0.15) is 0 Å². The van der Waals surface area contributed by atoms with Crippen LogP contribution in [0.25, 0.3) is 0 Å². The van der Waals surface area contributed by atoms with Crippen LogP contribution in [0, 0.1) is 0 Å². The van der Waals surface area contributed by atoms with Crippen molar-refractivity contribution in [2.24, 2.45) is 0 Å². The van der Waals surface area contributed by atoms with Gasteiger partial charge in [0.1, 0.15) is 18.0 Å². The normalized spacial score (nSPS) is 22.3. The van der Waals surface area contributed by atoms with Crippen LogP contribution in [0.2, 0.25) is 18.1 Å². The zero-order valence-corrected chi connectivity index (χ0v) is 21.1. The molecular formula is C26H38O4Si. The monoisotopic (exact) mass is 442 g/mol. The van der Waals surface area contributed by atoms with E-state index in [9.17, 15) is 5.11 Å². The van der Waals surface area contributed by atoms with Gasteiger partial charge in [-0.25, -0.2) is 0 Å². The fraction of sp³-hybridized carbons (Fsp3) is 0.538. The molecule has 1 unspecified atom stereocenters. The fourth-order valence-electron chi connectivity index (χ4n) is 3.46. The van der Waals surface area contributed by atoms with Gasteiger partial charge in [-0.1, -0.05) is 57.2 Å². The van der Waals surface area contributed by atoms with Crippen LogP contribution in [-0.2, 0) is 22.2 Å². The molecule has 1 heterocycles. The zero-order valence-electron chi connectivity index (χ0n) is 20.1. The lowest BCUT2D eigenvalue weighted by atomic mass is 9.98. The Bertz CT molecular complexity index is 875. The molecule has 0 spiro atoms. The van der Waals surface area contributed by atoms with E-state index in [0.717, 1.165) is 22.4 Å². The highest BCUT2D eigenvalue weighted by atomic mass is 28.4. The van der Waals surface area contributed by atoms with Crippen LogP contribution in [0.4, 0.5) is 0 Å². The molecule has 0 aliphatic carbocycles. The number of aliphatic hydroxyl groups excluding tert-OH is 1. The Morgan fingerprint density at radius 3 is 2.39 bits per heavy atom. The van der Waals surface area contributed by atoms with Gasteiger partial charge in [-0.05, 0) is 60.8 Å². The molecule has 1 aliphatic heterocycles. The van der Waals surface area contributed by atoms with E-state index in [4.69, 9.17) is 13.9 Å². The van der Waals surface area contributed by atoms with Gasteiger partial charge in [0.05, 0.1) is 18.8 Å². The first-order valence-corrected chi connectivity index (χ1v) is 14.1. The molecule has 1 N–H and O–H groups in total. The minimum Gasteiger partial charge on any atom is -0.489 e. The molecule has 1 fully saturated rings. The van der Waals surface area contributed by atoms with Crippen molar-refractivity contribution >= 4 is 8.32 Å². The first kappa shape index (κ1) is 24.0. The summed E-state index contributed by atoms with van der Waals surface area (Å²) in [4.78, 5) is 0. The molecule has 5 heteroatoms. The predicted molar refractivity (Wildman–Crippen MR) is 128 cm³/mol. The summed E-state index contributed by atoms with van der Waals surface area (Å²) in [6, 6.07) is 16.5. The van der Waals surface area contributed by atoms with Crippen LogP contribution in [-0.4, -0.2) is 31.7 Å². The molecule has 31 heavy (non-hydrogen) atoms. The number of hydrogen-bond donors (Lipinski definition) is 1. The lowest BCUT2D eigenvalue weighted by molar-refractivity contribution is 0.184.